The van der Waals surface area contributed by atoms with Crippen molar-refractivity contribution < 1.29 is 17.9 Å². The van der Waals surface area contributed by atoms with Gasteiger partial charge in [-0.1, -0.05) is 0 Å². The molecule has 2 aromatic heterocycles. The quantitative estimate of drug-likeness (QED) is 0.863. The van der Waals surface area contributed by atoms with E-state index in [2.05, 4.69) is 15.4 Å². The molecule has 0 unspecified atom stereocenters. The summed E-state index contributed by atoms with van der Waals surface area (Å²) >= 11 is 0. The molecule has 10 heteroatoms. The fraction of sp³-hybridized carbons (Fsp3) is 0.400. The maximum Gasteiger partial charge on any atom is 0.322 e. The van der Waals surface area contributed by atoms with Crippen LogP contribution in [0.2, 0.25) is 0 Å². The van der Waals surface area contributed by atoms with E-state index in [1.807, 2.05) is 0 Å². The Kier molecular flexibility index (Phi) is 4.62. The molecule has 25 heavy (non-hydrogen) atoms. The van der Waals surface area contributed by atoms with E-state index in [-0.39, 0.29) is 18.1 Å². The maximum atomic E-state index is 12.7. The monoisotopic (exact) mass is 365 g/mol. The van der Waals surface area contributed by atoms with E-state index in [9.17, 15) is 13.2 Å². The lowest BCUT2D eigenvalue weighted by molar-refractivity contribution is 0.194. The zero-order valence-corrected chi connectivity index (χ0v) is 14.7. The van der Waals surface area contributed by atoms with Crippen LogP contribution in [0.15, 0.2) is 30.7 Å². The number of carbonyl (C=O) groups is 1. The van der Waals surface area contributed by atoms with Crippen molar-refractivity contribution in [2.75, 3.05) is 30.5 Å². The van der Waals surface area contributed by atoms with Gasteiger partial charge in [0.15, 0.2) is 9.84 Å². The lowest BCUT2D eigenvalue weighted by Crippen LogP contribution is -2.47. The molecule has 2 amide bonds. The summed E-state index contributed by atoms with van der Waals surface area (Å²) in [6.45, 7) is 0.107. The molecule has 1 atom stereocenters. The standard InChI is InChI=1S/C15H19N5O4S/c1-19-9-11(8-17-19)13-10-25(22,23)7-6-20(13)15(21)18-12-4-3-5-16-14(12)24-2/h3-5,8-9,13H,6-7,10H2,1-2H3,(H,18,21)/t13-/m0/s1. The van der Waals surface area contributed by atoms with Crippen molar-refractivity contribution in [3.63, 3.8) is 0 Å². The van der Waals surface area contributed by atoms with Gasteiger partial charge in [-0.15, -0.1) is 0 Å². The van der Waals surface area contributed by atoms with Crippen LogP contribution in [-0.2, 0) is 16.9 Å². The zero-order chi connectivity index (χ0) is 18.0. The lowest BCUT2D eigenvalue weighted by Gasteiger charge is -2.35. The third kappa shape index (κ3) is 3.73. The molecule has 0 spiro atoms. The average molecular weight is 365 g/mol. The Morgan fingerprint density at radius 2 is 2.24 bits per heavy atom. The number of carbonyl (C=O) groups excluding carboxylic acids is 1. The highest BCUT2D eigenvalue weighted by Crippen LogP contribution is 2.28. The minimum atomic E-state index is -3.22. The Bertz CT molecular complexity index is 880. The van der Waals surface area contributed by atoms with Crippen LogP contribution in [0, 0.1) is 0 Å². The van der Waals surface area contributed by atoms with Gasteiger partial charge in [0.2, 0.25) is 5.88 Å². The molecule has 1 aliphatic rings. The Hall–Kier alpha value is -2.62. The second-order valence-electron chi connectivity index (χ2n) is 5.76. The fourth-order valence-electron chi connectivity index (χ4n) is 2.77. The SMILES string of the molecule is COc1ncccc1NC(=O)N1CCS(=O)(=O)C[C@H]1c1cnn(C)c1. The Morgan fingerprint density at radius 3 is 2.92 bits per heavy atom. The smallest absolute Gasteiger partial charge is 0.322 e. The number of hydrogen-bond donors (Lipinski definition) is 1. The van der Waals surface area contributed by atoms with Crippen molar-refractivity contribution >= 4 is 21.6 Å². The maximum absolute atomic E-state index is 12.7. The number of aromatic nitrogens is 3. The van der Waals surface area contributed by atoms with Gasteiger partial charge in [-0.3, -0.25) is 4.68 Å². The molecule has 1 saturated heterocycles. The third-order valence-corrected chi connectivity index (χ3v) is 5.64. The number of ether oxygens (including phenoxy) is 1. The van der Waals surface area contributed by atoms with Crippen LogP contribution in [0.3, 0.4) is 0 Å². The van der Waals surface area contributed by atoms with Gasteiger partial charge >= 0.3 is 6.03 Å². The van der Waals surface area contributed by atoms with E-state index in [0.29, 0.717) is 17.1 Å². The summed E-state index contributed by atoms with van der Waals surface area (Å²) in [6.07, 6.45) is 4.85. The van der Waals surface area contributed by atoms with Gasteiger partial charge in [0.1, 0.15) is 5.69 Å². The van der Waals surface area contributed by atoms with Crippen LogP contribution in [0.25, 0.3) is 0 Å². The fourth-order valence-corrected chi connectivity index (χ4v) is 4.27. The molecule has 3 heterocycles. The molecular weight excluding hydrogens is 346 g/mol. The van der Waals surface area contributed by atoms with E-state index >= 15 is 0 Å². The number of urea groups is 1. The van der Waals surface area contributed by atoms with Crippen molar-refractivity contribution in [3.05, 3.63) is 36.3 Å². The summed E-state index contributed by atoms with van der Waals surface area (Å²) in [5.41, 5.74) is 1.10. The predicted molar refractivity (Wildman–Crippen MR) is 91.1 cm³/mol. The minimum absolute atomic E-state index is 0.0681. The molecular formula is C15H19N5O4S. The molecule has 0 saturated carbocycles. The molecule has 0 bridgehead atoms. The molecule has 9 nitrogen and oxygen atoms in total. The van der Waals surface area contributed by atoms with Crippen LogP contribution in [0.1, 0.15) is 11.6 Å². The Balaban J connectivity index is 1.86. The lowest BCUT2D eigenvalue weighted by atomic mass is 10.1. The highest BCUT2D eigenvalue weighted by Gasteiger charge is 2.36. The number of pyridine rings is 1. The second-order valence-corrected chi connectivity index (χ2v) is 7.99. The summed E-state index contributed by atoms with van der Waals surface area (Å²) in [5, 5.41) is 6.82. The van der Waals surface area contributed by atoms with E-state index in [4.69, 9.17) is 4.74 Å². The summed E-state index contributed by atoms with van der Waals surface area (Å²) in [6, 6.07) is 2.35. The summed E-state index contributed by atoms with van der Waals surface area (Å²) < 4.78 is 30.8. The minimum Gasteiger partial charge on any atom is -0.480 e. The van der Waals surface area contributed by atoms with Gasteiger partial charge in [-0.2, -0.15) is 5.10 Å². The first-order valence-corrected chi connectivity index (χ1v) is 9.47. The van der Waals surface area contributed by atoms with Gasteiger partial charge in [0, 0.05) is 31.5 Å². The van der Waals surface area contributed by atoms with Gasteiger partial charge < -0.3 is 15.0 Å². The summed E-state index contributed by atoms with van der Waals surface area (Å²) in [5.74, 6) is 0.0934. The molecule has 0 radical (unpaired) electrons. The van der Waals surface area contributed by atoms with Gasteiger partial charge in [0.05, 0.1) is 30.9 Å². The zero-order valence-electron chi connectivity index (χ0n) is 13.9. The highest BCUT2D eigenvalue weighted by atomic mass is 32.2. The van der Waals surface area contributed by atoms with Crippen molar-refractivity contribution in [3.8, 4) is 5.88 Å². The van der Waals surface area contributed by atoms with E-state index in [1.165, 1.54) is 12.0 Å². The number of sulfone groups is 1. The van der Waals surface area contributed by atoms with Crippen molar-refractivity contribution in [1.82, 2.24) is 19.7 Å². The number of rotatable bonds is 3. The third-order valence-electron chi connectivity index (χ3n) is 4.01. The average Bonchev–Trinajstić information content (AvgIpc) is 3.01. The predicted octanol–water partition coefficient (Wildman–Crippen LogP) is 0.827. The van der Waals surface area contributed by atoms with E-state index in [0.717, 1.165) is 0 Å². The van der Waals surface area contributed by atoms with E-state index in [1.54, 1.807) is 42.5 Å². The largest absolute Gasteiger partial charge is 0.480 e. The Morgan fingerprint density at radius 1 is 1.44 bits per heavy atom. The second kappa shape index (κ2) is 6.71. The molecule has 1 N–H and O–H groups in total. The molecule has 0 aliphatic carbocycles. The molecule has 3 rings (SSSR count). The highest BCUT2D eigenvalue weighted by molar-refractivity contribution is 7.91. The van der Waals surface area contributed by atoms with Gasteiger partial charge in [-0.25, -0.2) is 18.2 Å². The number of nitrogens with one attached hydrogen (secondary N) is 1. The molecule has 134 valence electrons. The Labute approximate surface area is 145 Å². The first kappa shape index (κ1) is 17.2. The number of aryl methyl sites for hydroxylation is 1. The van der Waals surface area contributed by atoms with Crippen LogP contribution < -0.4 is 10.1 Å². The summed E-state index contributed by atoms with van der Waals surface area (Å²) in [4.78, 5) is 18.3. The number of hydrogen-bond acceptors (Lipinski definition) is 6. The first-order valence-electron chi connectivity index (χ1n) is 7.65. The number of nitrogens with zero attached hydrogens (tertiary/aromatic N) is 4. The first-order chi connectivity index (χ1) is 11.9. The number of amides is 2. The molecule has 0 aromatic carbocycles. The van der Waals surface area contributed by atoms with Crippen LogP contribution in [0.4, 0.5) is 10.5 Å². The van der Waals surface area contributed by atoms with Gasteiger partial charge in [0.25, 0.3) is 0 Å². The molecule has 2 aromatic rings. The topological polar surface area (TPSA) is 106 Å². The van der Waals surface area contributed by atoms with Gasteiger partial charge in [-0.05, 0) is 12.1 Å². The van der Waals surface area contributed by atoms with E-state index < -0.39 is 21.9 Å². The van der Waals surface area contributed by atoms with Crippen LogP contribution in [-0.4, -0.2) is 59.3 Å². The summed E-state index contributed by atoms with van der Waals surface area (Å²) in [7, 11) is -0.0147. The van der Waals surface area contributed by atoms with Crippen LogP contribution >= 0.6 is 0 Å². The van der Waals surface area contributed by atoms with Crippen molar-refractivity contribution in [2.45, 2.75) is 6.04 Å². The number of methoxy groups -OCH3 is 1. The molecule has 1 fully saturated rings. The molecule has 1 aliphatic heterocycles. The number of anilines is 1. The van der Waals surface area contributed by atoms with Crippen LogP contribution in [0.5, 0.6) is 5.88 Å². The van der Waals surface area contributed by atoms with Crippen molar-refractivity contribution in [2.24, 2.45) is 7.05 Å². The normalized spacial score (nSPS) is 19.4. The van der Waals surface area contributed by atoms with Crippen molar-refractivity contribution in [1.29, 1.82) is 0 Å².